The molecule has 2 aliphatic rings. The van der Waals surface area contributed by atoms with E-state index in [1.54, 1.807) is 19.9 Å². The van der Waals surface area contributed by atoms with Crippen molar-refractivity contribution in [1.82, 2.24) is 30.2 Å². The first kappa shape index (κ1) is 38.6. The van der Waals surface area contributed by atoms with Gasteiger partial charge in [0, 0.05) is 45.6 Å². The predicted octanol–water partition coefficient (Wildman–Crippen LogP) is 9.88. The summed E-state index contributed by atoms with van der Waals surface area (Å²) in [6, 6.07) is 6.43. The minimum absolute atomic E-state index is 0. The summed E-state index contributed by atoms with van der Waals surface area (Å²) in [5.41, 5.74) is 3.40. The van der Waals surface area contributed by atoms with E-state index in [-0.39, 0.29) is 37.2 Å². The van der Waals surface area contributed by atoms with Crippen LogP contribution in [0.3, 0.4) is 0 Å². The van der Waals surface area contributed by atoms with Crippen LogP contribution in [0, 0.1) is 39.3 Å². The van der Waals surface area contributed by atoms with Crippen LogP contribution in [-0.2, 0) is 9.47 Å². The highest BCUT2D eigenvalue weighted by molar-refractivity contribution is 9.10. The van der Waals surface area contributed by atoms with E-state index in [9.17, 15) is 8.78 Å². The number of pyridine rings is 2. The second kappa shape index (κ2) is 15.2. The van der Waals surface area contributed by atoms with E-state index in [0.29, 0.717) is 80.5 Å². The van der Waals surface area contributed by atoms with Gasteiger partial charge in [-0.25, -0.2) is 18.7 Å². The third-order valence-corrected chi connectivity index (χ3v) is 9.78. The molecule has 16 heteroatoms. The van der Waals surface area contributed by atoms with E-state index >= 15 is 0 Å². The van der Waals surface area contributed by atoms with Gasteiger partial charge in [0.15, 0.2) is 29.1 Å². The Hall–Kier alpha value is -3.63. The van der Waals surface area contributed by atoms with E-state index in [4.69, 9.17) is 35.1 Å². The van der Waals surface area contributed by atoms with Crippen molar-refractivity contribution in [2.75, 3.05) is 31.2 Å². The number of aryl methyl sites for hydroxylation is 4. The summed E-state index contributed by atoms with van der Waals surface area (Å²) in [5, 5.41) is 9.17. The molecule has 4 aromatic heterocycles. The van der Waals surface area contributed by atoms with Crippen molar-refractivity contribution in [3.05, 3.63) is 72.8 Å². The van der Waals surface area contributed by atoms with Crippen LogP contribution in [-0.4, -0.2) is 62.3 Å². The molecule has 270 valence electrons. The van der Waals surface area contributed by atoms with Gasteiger partial charge in [0.1, 0.15) is 22.0 Å². The number of anilines is 1. The van der Waals surface area contributed by atoms with Crippen molar-refractivity contribution < 1.29 is 27.3 Å². The molecule has 0 bridgehead atoms. The third kappa shape index (κ3) is 7.36. The van der Waals surface area contributed by atoms with Crippen LogP contribution in [0.25, 0.3) is 44.7 Å². The molecule has 51 heavy (non-hydrogen) atoms. The maximum atomic E-state index is 14.8. The van der Waals surface area contributed by atoms with Gasteiger partial charge < -0.3 is 23.4 Å². The zero-order chi connectivity index (χ0) is 34.6. The number of rotatable bonds is 3. The number of halogens is 5. The first-order valence-electron chi connectivity index (χ1n) is 15.3. The van der Waals surface area contributed by atoms with Crippen LogP contribution in [0.5, 0.6) is 0 Å². The molecule has 6 heterocycles. The van der Waals surface area contributed by atoms with Gasteiger partial charge in [-0.2, -0.15) is 9.97 Å². The summed E-state index contributed by atoms with van der Waals surface area (Å²) in [7, 11) is 0. The summed E-state index contributed by atoms with van der Waals surface area (Å²) >= 11 is 12.8. The van der Waals surface area contributed by atoms with Gasteiger partial charge in [0.25, 0.3) is 11.8 Å². The molecule has 1 spiro atoms. The quantitative estimate of drug-likeness (QED) is 0.158. The zero-order valence-corrected chi connectivity index (χ0v) is 30.6. The Morgan fingerprint density at radius 2 is 1.18 bits per heavy atom. The number of hydrogen-bond acceptors (Lipinski definition) is 11. The standard InChI is InChI=1S/C20H20BrFN4O3.C13H8BrClFN3O.2CH4/c1-11-14-9-13(21)10-15(22)17(14)24-18(16(11)19-23-12(2)25-29-19)26-5-3-20(4-6-26)27-7-8-28-20;1-5-8-3-7(14)4-9(16)11(8)18-12(15)10(5)13-17-6(2)19-20-13;;/h9-10H,3-8H2,1-2H3;3-4H,1-2H3;2*1H4. The van der Waals surface area contributed by atoms with E-state index < -0.39 is 11.6 Å². The number of piperidine rings is 1. The molecule has 2 fully saturated rings. The Bertz CT molecular complexity index is 2230. The van der Waals surface area contributed by atoms with E-state index in [1.165, 1.54) is 12.1 Å². The maximum Gasteiger partial charge on any atom is 0.261 e. The van der Waals surface area contributed by atoms with Crippen molar-refractivity contribution >= 4 is 71.1 Å². The van der Waals surface area contributed by atoms with Crippen molar-refractivity contribution in [2.24, 2.45) is 0 Å². The monoisotopic (exact) mass is 849 g/mol. The van der Waals surface area contributed by atoms with Crippen LogP contribution >= 0.6 is 43.5 Å². The number of hydrogen-bond donors (Lipinski definition) is 0. The number of ether oxygens (including phenoxy) is 2. The lowest BCUT2D eigenvalue weighted by atomic mass is 10.00. The smallest absolute Gasteiger partial charge is 0.261 e. The topological polar surface area (TPSA) is 125 Å². The van der Waals surface area contributed by atoms with Crippen LogP contribution in [0.1, 0.15) is 50.5 Å². The molecule has 0 amide bonds. The summed E-state index contributed by atoms with van der Waals surface area (Å²) < 4.78 is 52.3. The molecular formula is C35H36Br2ClF2N7O4. The minimum Gasteiger partial charge on any atom is -0.356 e. The lowest BCUT2D eigenvalue weighted by molar-refractivity contribution is -0.169. The molecule has 2 aromatic carbocycles. The van der Waals surface area contributed by atoms with E-state index in [2.05, 4.69) is 62.0 Å². The Labute approximate surface area is 315 Å². The second-order valence-electron chi connectivity index (χ2n) is 11.8. The SMILES string of the molecule is C.C.Cc1noc(-c2c(Cl)nc3c(F)cc(Br)cc3c2C)n1.Cc1noc(-c2c(N3CCC4(CC3)OCCO4)nc3c(F)cc(Br)cc3c2C)n1. The van der Waals surface area contributed by atoms with Crippen molar-refractivity contribution in [1.29, 1.82) is 0 Å². The van der Waals surface area contributed by atoms with Crippen molar-refractivity contribution in [2.45, 2.75) is 61.2 Å². The molecule has 2 aliphatic heterocycles. The van der Waals surface area contributed by atoms with E-state index in [0.717, 1.165) is 29.5 Å². The summed E-state index contributed by atoms with van der Waals surface area (Å²) in [6.07, 6.45) is 1.44. The highest BCUT2D eigenvalue weighted by Gasteiger charge is 2.41. The first-order chi connectivity index (χ1) is 23.4. The fourth-order valence-corrected chi connectivity index (χ4v) is 7.38. The van der Waals surface area contributed by atoms with Gasteiger partial charge in [-0.3, -0.25) is 0 Å². The third-order valence-electron chi connectivity index (χ3n) is 8.59. The Balaban J connectivity index is 0.000000203. The van der Waals surface area contributed by atoms with Gasteiger partial charge >= 0.3 is 0 Å². The fraction of sp³-hybridized carbons (Fsp3) is 0.371. The number of aromatic nitrogens is 6. The highest BCUT2D eigenvalue weighted by atomic mass is 79.9. The lowest BCUT2D eigenvalue weighted by Gasteiger charge is -2.38. The van der Waals surface area contributed by atoms with Gasteiger partial charge in [-0.1, -0.05) is 68.6 Å². The normalized spacial score (nSPS) is 15.1. The second-order valence-corrected chi connectivity index (χ2v) is 14.0. The van der Waals surface area contributed by atoms with Gasteiger partial charge in [-0.05, 0) is 63.1 Å². The average Bonchev–Trinajstić information content (AvgIpc) is 3.81. The zero-order valence-electron chi connectivity index (χ0n) is 26.7. The molecule has 11 nitrogen and oxygen atoms in total. The largest absolute Gasteiger partial charge is 0.356 e. The molecule has 0 aliphatic carbocycles. The molecule has 0 atom stereocenters. The van der Waals surface area contributed by atoms with Crippen molar-refractivity contribution in [3.63, 3.8) is 0 Å². The van der Waals surface area contributed by atoms with Crippen LogP contribution in [0.4, 0.5) is 14.6 Å². The number of benzene rings is 2. The molecule has 0 radical (unpaired) electrons. The minimum atomic E-state index is -0.500. The molecule has 0 saturated carbocycles. The molecule has 0 N–H and O–H groups in total. The van der Waals surface area contributed by atoms with Gasteiger partial charge in [0.2, 0.25) is 0 Å². The molecular weight excluding hydrogens is 816 g/mol. The summed E-state index contributed by atoms with van der Waals surface area (Å²) in [4.78, 5) is 19.5. The van der Waals surface area contributed by atoms with Gasteiger partial charge in [-0.15, -0.1) is 0 Å². The summed E-state index contributed by atoms with van der Waals surface area (Å²) in [5.74, 6) is 1.04. The average molecular weight is 852 g/mol. The van der Waals surface area contributed by atoms with Crippen LogP contribution in [0.2, 0.25) is 5.15 Å². The van der Waals surface area contributed by atoms with Gasteiger partial charge in [0.05, 0.1) is 24.3 Å². The number of nitrogens with zero attached hydrogens (tertiary/aromatic N) is 7. The van der Waals surface area contributed by atoms with E-state index in [1.807, 2.05) is 19.9 Å². The fourth-order valence-electron chi connectivity index (χ4n) is 6.21. The summed E-state index contributed by atoms with van der Waals surface area (Å²) in [6.45, 7) is 9.83. The predicted molar refractivity (Wildman–Crippen MR) is 199 cm³/mol. The molecule has 6 aromatic rings. The Morgan fingerprint density at radius 1 is 0.706 bits per heavy atom. The number of fused-ring (bicyclic) bond motifs is 2. The first-order valence-corrected chi connectivity index (χ1v) is 17.3. The maximum absolute atomic E-state index is 14.8. The lowest BCUT2D eigenvalue weighted by Crippen LogP contribution is -2.45. The van der Waals surface area contributed by atoms with Crippen LogP contribution < -0.4 is 4.90 Å². The Kier molecular flexibility index (Phi) is 11.5. The molecule has 0 unspecified atom stereocenters. The highest BCUT2D eigenvalue weighted by Crippen LogP contribution is 2.41. The van der Waals surface area contributed by atoms with Crippen molar-refractivity contribution in [3.8, 4) is 22.9 Å². The molecule has 8 rings (SSSR count). The Morgan fingerprint density at radius 3 is 1.67 bits per heavy atom. The van der Waals surface area contributed by atoms with Crippen LogP contribution in [0.15, 0.2) is 42.3 Å². The molecule has 2 saturated heterocycles.